The Morgan fingerprint density at radius 1 is 1.45 bits per heavy atom. The number of benzene rings is 1. The molecule has 1 aromatic heterocycles. The summed E-state index contributed by atoms with van der Waals surface area (Å²) in [5.41, 5.74) is 3.87. The average molecular weight is 272 g/mol. The third-order valence-electron chi connectivity index (χ3n) is 4.17. The van der Waals surface area contributed by atoms with Crippen LogP contribution in [0.3, 0.4) is 0 Å². The molecule has 0 bridgehead atoms. The number of hydrogen-bond acceptors (Lipinski definition) is 2. The van der Waals surface area contributed by atoms with Crippen molar-refractivity contribution in [1.82, 2.24) is 9.88 Å². The molecule has 20 heavy (non-hydrogen) atoms. The molecule has 1 heterocycles. The van der Waals surface area contributed by atoms with Gasteiger partial charge in [-0.05, 0) is 37.8 Å². The third kappa shape index (κ3) is 2.15. The summed E-state index contributed by atoms with van der Waals surface area (Å²) in [6, 6.07) is 8.59. The smallest absolute Gasteiger partial charge is 0.409 e. The molecule has 0 aliphatic heterocycles. The number of nitrogens with zero attached hydrogens (tertiary/aromatic N) is 1. The first-order valence-electron chi connectivity index (χ1n) is 7.18. The molecule has 3 rings (SSSR count). The number of H-pyrrole nitrogens is 1. The van der Waals surface area contributed by atoms with Crippen molar-refractivity contribution in [1.29, 1.82) is 0 Å². The van der Waals surface area contributed by atoms with Crippen LogP contribution in [0.4, 0.5) is 4.79 Å². The van der Waals surface area contributed by atoms with Gasteiger partial charge < -0.3 is 14.6 Å². The second kappa shape index (κ2) is 5.19. The highest BCUT2D eigenvalue weighted by Gasteiger charge is 2.27. The summed E-state index contributed by atoms with van der Waals surface area (Å²) >= 11 is 0. The maximum atomic E-state index is 11.9. The van der Waals surface area contributed by atoms with Crippen LogP contribution in [0.15, 0.2) is 24.3 Å². The second-order valence-corrected chi connectivity index (χ2v) is 5.33. The Hall–Kier alpha value is -1.97. The summed E-state index contributed by atoms with van der Waals surface area (Å²) in [5.74, 6) is 0. The van der Waals surface area contributed by atoms with Crippen molar-refractivity contribution in [3.63, 3.8) is 0 Å². The van der Waals surface area contributed by atoms with Crippen LogP contribution in [0, 0.1) is 0 Å². The van der Waals surface area contributed by atoms with Crippen molar-refractivity contribution in [2.24, 2.45) is 0 Å². The molecular weight excluding hydrogens is 252 g/mol. The van der Waals surface area contributed by atoms with Crippen molar-refractivity contribution in [2.75, 3.05) is 13.7 Å². The molecule has 1 aromatic carbocycles. The molecule has 1 aliphatic rings. The Labute approximate surface area is 118 Å². The molecule has 0 fully saturated rings. The molecule has 0 spiro atoms. The molecule has 0 saturated heterocycles. The zero-order valence-corrected chi connectivity index (χ0v) is 12.0. The molecule has 2 aromatic rings. The van der Waals surface area contributed by atoms with Crippen molar-refractivity contribution in [2.45, 2.75) is 32.2 Å². The number of likely N-dealkylation sites (N-methyl/N-ethyl adjacent to an activating group) is 1. The Balaban J connectivity index is 1.86. The molecule has 1 aliphatic carbocycles. The van der Waals surface area contributed by atoms with Gasteiger partial charge >= 0.3 is 6.09 Å². The van der Waals surface area contributed by atoms with Crippen LogP contribution >= 0.6 is 0 Å². The van der Waals surface area contributed by atoms with E-state index in [9.17, 15) is 4.79 Å². The molecule has 4 nitrogen and oxygen atoms in total. The summed E-state index contributed by atoms with van der Waals surface area (Å²) in [5, 5.41) is 1.28. The maximum Gasteiger partial charge on any atom is 0.409 e. The number of aromatic nitrogens is 1. The number of nitrogens with one attached hydrogen (secondary N) is 1. The van der Waals surface area contributed by atoms with Gasteiger partial charge in [0, 0.05) is 29.7 Å². The van der Waals surface area contributed by atoms with Crippen molar-refractivity contribution >= 4 is 17.0 Å². The number of amides is 1. The lowest BCUT2D eigenvalue weighted by Gasteiger charge is -2.30. The second-order valence-electron chi connectivity index (χ2n) is 5.33. The largest absolute Gasteiger partial charge is 0.450 e. The number of para-hydroxylation sites is 1. The van der Waals surface area contributed by atoms with Gasteiger partial charge in [0.1, 0.15) is 0 Å². The monoisotopic (exact) mass is 272 g/mol. The number of rotatable bonds is 2. The van der Waals surface area contributed by atoms with Crippen LogP contribution in [0.5, 0.6) is 0 Å². The molecule has 1 atom stereocenters. The zero-order chi connectivity index (χ0) is 14.1. The minimum atomic E-state index is -0.221. The van der Waals surface area contributed by atoms with Gasteiger partial charge in [-0.3, -0.25) is 0 Å². The summed E-state index contributed by atoms with van der Waals surface area (Å²) in [6.45, 7) is 2.26. The van der Waals surface area contributed by atoms with Crippen molar-refractivity contribution < 1.29 is 9.53 Å². The Morgan fingerprint density at radius 2 is 2.25 bits per heavy atom. The van der Waals surface area contributed by atoms with E-state index in [2.05, 4.69) is 23.2 Å². The molecule has 106 valence electrons. The van der Waals surface area contributed by atoms with E-state index in [0.717, 1.165) is 19.3 Å². The van der Waals surface area contributed by atoms with Crippen LogP contribution in [0.2, 0.25) is 0 Å². The van der Waals surface area contributed by atoms with Crippen LogP contribution < -0.4 is 0 Å². The standard InChI is InChI=1S/C16H20N2O2/c1-3-20-16(19)18(2)11-8-9-15-13(10-11)12-6-4-5-7-14(12)17-15/h4-7,11,17H,3,8-10H2,1-2H3. The molecular formula is C16H20N2O2. The summed E-state index contributed by atoms with van der Waals surface area (Å²) in [4.78, 5) is 17.1. The van der Waals surface area contributed by atoms with Crippen LogP contribution in [-0.4, -0.2) is 35.7 Å². The normalized spacial score (nSPS) is 17.8. The van der Waals surface area contributed by atoms with Gasteiger partial charge in [-0.25, -0.2) is 4.79 Å². The average Bonchev–Trinajstić information content (AvgIpc) is 2.84. The lowest BCUT2D eigenvalue weighted by Crippen LogP contribution is -2.40. The van der Waals surface area contributed by atoms with Gasteiger partial charge in [-0.15, -0.1) is 0 Å². The number of carbonyl (C=O) groups is 1. The minimum Gasteiger partial charge on any atom is -0.450 e. The number of aromatic amines is 1. The van der Waals surface area contributed by atoms with Gasteiger partial charge in [-0.1, -0.05) is 18.2 Å². The summed E-state index contributed by atoms with van der Waals surface area (Å²) in [7, 11) is 1.84. The molecule has 1 N–H and O–H groups in total. The summed E-state index contributed by atoms with van der Waals surface area (Å²) < 4.78 is 5.09. The SMILES string of the molecule is CCOC(=O)N(C)C1CCc2[nH]c3ccccc3c2C1. The Morgan fingerprint density at radius 3 is 3.05 bits per heavy atom. The first-order valence-corrected chi connectivity index (χ1v) is 7.18. The highest BCUT2D eigenvalue weighted by Crippen LogP contribution is 2.30. The molecule has 4 heteroatoms. The van der Waals surface area contributed by atoms with Gasteiger partial charge in [0.2, 0.25) is 0 Å². The van der Waals surface area contributed by atoms with E-state index in [-0.39, 0.29) is 12.1 Å². The van der Waals surface area contributed by atoms with Crippen LogP contribution in [0.1, 0.15) is 24.6 Å². The van der Waals surface area contributed by atoms with Gasteiger partial charge in [-0.2, -0.15) is 0 Å². The lowest BCUT2D eigenvalue weighted by atomic mass is 9.91. The van der Waals surface area contributed by atoms with E-state index in [1.165, 1.54) is 22.2 Å². The maximum absolute atomic E-state index is 11.9. The van der Waals surface area contributed by atoms with Crippen LogP contribution in [0.25, 0.3) is 10.9 Å². The first-order chi connectivity index (χ1) is 9.70. The zero-order valence-electron chi connectivity index (χ0n) is 12.0. The number of aryl methyl sites for hydroxylation is 1. The van der Waals surface area contributed by atoms with Gasteiger partial charge in [0.15, 0.2) is 0 Å². The highest BCUT2D eigenvalue weighted by molar-refractivity contribution is 5.85. The molecule has 1 amide bonds. The molecule has 1 unspecified atom stereocenters. The predicted molar refractivity (Wildman–Crippen MR) is 78.9 cm³/mol. The van der Waals surface area contributed by atoms with E-state index in [0.29, 0.717) is 6.61 Å². The topological polar surface area (TPSA) is 45.3 Å². The third-order valence-corrected chi connectivity index (χ3v) is 4.17. The number of fused-ring (bicyclic) bond motifs is 3. The first kappa shape index (κ1) is 13.0. The van der Waals surface area contributed by atoms with Crippen LogP contribution in [-0.2, 0) is 17.6 Å². The number of hydrogen-bond donors (Lipinski definition) is 1. The lowest BCUT2D eigenvalue weighted by molar-refractivity contribution is 0.0985. The van der Waals surface area contributed by atoms with Crippen molar-refractivity contribution in [3.8, 4) is 0 Å². The molecule has 0 saturated carbocycles. The van der Waals surface area contributed by atoms with Crippen molar-refractivity contribution in [3.05, 3.63) is 35.5 Å². The number of carbonyl (C=O) groups excluding carboxylic acids is 1. The summed E-state index contributed by atoms with van der Waals surface area (Å²) in [6.07, 6.45) is 2.64. The van der Waals surface area contributed by atoms with E-state index in [1.54, 1.807) is 4.90 Å². The fourth-order valence-electron chi connectivity index (χ4n) is 3.06. The van der Waals surface area contributed by atoms with Gasteiger partial charge in [0.25, 0.3) is 0 Å². The molecule has 0 radical (unpaired) electrons. The Kier molecular flexibility index (Phi) is 3.38. The van der Waals surface area contributed by atoms with E-state index < -0.39 is 0 Å². The predicted octanol–water partition coefficient (Wildman–Crippen LogP) is 3.11. The Bertz CT molecular complexity index is 632. The van der Waals surface area contributed by atoms with E-state index in [4.69, 9.17) is 4.74 Å². The number of ether oxygens (including phenoxy) is 1. The van der Waals surface area contributed by atoms with E-state index in [1.807, 2.05) is 20.0 Å². The minimum absolute atomic E-state index is 0.221. The quantitative estimate of drug-likeness (QED) is 0.913. The van der Waals surface area contributed by atoms with E-state index >= 15 is 0 Å². The fraction of sp³-hybridized carbons (Fsp3) is 0.438. The fourth-order valence-corrected chi connectivity index (χ4v) is 3.06. The van der Waals surface area contributed by atoms with Gasteiger partial charge in [0.05, 0.1) is 6.61 Å². The highest BCUT2D eigenvalue weighted by atomic mass is 16.6.